The number of alkyl halides is 8. The third kappa shape index (κ3) is 13.3. The molecule has 19 nitrogen and oxygen atoms in total. The zero-order chi connectivity index (χ0) is 57.1. The number of nitrogens with zero attached hydrogens (tertiary/aromatic N) is 6. The highest BCUT2D eigenvalue weighted by Crippen LogP contribution is 2.68. The van der Waals surface area contributed by atoms with Crippen LogP contribution in [0.3, 0.4) is 0 Å². The lowest BCUT2D eigenvalue weighted by Gasteiger charge is -2.24. The van der Waals surface area contributed by atoms with Crippen LogP contribution in [0.25, 0.3) is 22.0 Å². The molecule has 7 rings (SSSR count). The fraction of sp³-hybridized carbons (Fsp3) is 0.409. The minimum atomic E-state index is -5.25. The van der Waals surface area contributed by atoms with Crippen LogP contribution in [-0.4, -0.2) is 97.6 Å². The summed E-state index contributed by atoms with van der Waals surface area (Å²) >= 11 is 3.04. The zero-order valence-corrected chi connectivity index (χ0v) is 42.8. The Morgan fingerprint density at radius 2 is 1.68 bits per heavy atom. The van der Waals surface area contributed by atoms with Crippen molar-refractivity contribution in [1.29, 1.82) is 0 Å². The number of ether oxygens (including phenoxy) is 1. The van der Waals surface area contributed by atoms with Gasteiger partial charge >= 0.3 is 26.1 Å². The zero-order valence-electron chi connectivity index (χ0n) is 39.5. The summed E-state index contributed by atoms with van der Waals surface area (Å²) in [4.78, 5) is 61.6. The number of hydrogen-bond acceptors (Lipinski definition) is 13. The highest BCUT2D eigenvalue weighted by molar-refractivity contribution is 7.92. The minimum absolute atomic E-state index is 0.0375. The van der Waals surface area contributed by atoms with Gasteiger partial charge in [-0.15, -0.1) is 0 Å². The van der Waals surface area contributed by atoms with E-state index in [-0.39, 0.29) is 37.8 Å². The van der Waals surface area contributed by atoms with Gasteiger partial charge in [0.25, 0.3) is 5.92 Å². The molecule has 416 valence electrons. The maximum Gasteiger partial charge on any atom is 0.472 e. The average Bonchev–Trinajstić information content (AvgIpc) is 4.01. The van der Waals surface area contributed by atoms with Crippen LogP contribution in [0.4, 0.5) is 43.9 Å². The highest BCUT2D eigenvalue weighted by Gasteiger charge is 2.68. The summed E-state index contributed by atoms with van der Waals surface area (Å²) in [6, 6.07) is 4.63. The topological polar surface area (TPSA) is 265 Å². The number of phosphoric ester groups is 1. The molecule has 33 heteroatoms. The van der Waals surface area contributed by atoms with E-state index in [9.17, 15) is 71.3 Å². The normalized spacial score (nSPS) is 17.0. The molecule has 1 saturated carbocycles. The van der Waals surface area contributed by atoms with E-state index in [1.54, 1.807) is 0 Å². The van der Waals surface area contributed by atoms with Gasteiger partial charge in [0.05, 0.1) is 52.2 Å². The lowest BCUT2D eigenvalue weighted by Crippen LogP contribution is -2.35. The molecule has 5 aromatic rings. The predicted octanol–water partition coefficient (Wildman–Crippen LogP) is 6.80. The number of sulfone groups is 1. The van der Waals surface area contributed by atoms with Crippen molar-refractivity contribution in [2.75, 3.05) is 13.0 Å². The SMILES string of the molecule is CC(C)(C#Cc1ccc(-c2ccc(Cl)c3c(CN(C(=O)CCC(=O)OCOP(=O)(O)O)S(=O)[O-])nn(CC(F)(F)F)c23)c(C(Cc2cc(F)cc(F)c2)NC(=O)Cn2nc(C(F)(F)F)c3c2C(F)(F)[C@@H]2C[C@H]32)n1)S(C)(=O)=O. The van der Waals surface area contributed by atoms with Gasteiger partial charge in [0, 0.05) is 46.7 Å². The molecule has 2 aromatic carbocycles. The number of fused-ring (bicyclic) bond motifs is 4. The number of halogens is 11. The Labute approximate surface area is 435 Å². The number of esters is 1. The van der Waals surface area contributed by atoms with Crippen molar-refractivity contribution in [3.05, 3.63) is 98.7 Å². The third-order valence-corrected chi connectivity index (χ3v) is 15.5. The van der Waals surface area contributed by atoms with E-state index in [0.29, 0.717) is 10.7 Å². The number of phosphoric acid groups is 1. The molecule has 0 spiro atoms. The molecule has 0 saturated heterocycles. The third-order valence-electron chi connectivity index (χ3n) is 12.1. The van der Waals surface area contributed by atoms with Gasteiger partial charge in [-0.3, -0.25) is 32.3 Å². The van der Waals surface area contributed by atoms with Gasteiger partial charge in [0.1, 0.15) is 40.9 Å². The largest absolute Gasteiger partial charge is 0.755 e. The number of pyridine rings is 1. The smallest absolute Gasteiger partial charge is 0.472 e. The predicted molar refractivity (Wildman–Crippen MR) is 246 cm³/mol. The van der Waals surface area contributed by atoms with Gasteiger partial charge in [-0.2, -0.15) is 45.3 Å². The molecule has 1 fully saturated rings. The minimum Gasteiger partial charge on any atom is -0.755 e. The summed E-state index contributed by atoms with van der Waals surface area (Å²) in [5, 5.41) is 8.84. The molecule has 3 N–H and O–H groups in total. The van der Waals surface area contributed by atoms with E-state index >= 15 is 8.78 Å². The van der Waals surface area contributed by atoms with Gasteiger partial charge in [-0.05, 0) is 74.4 Å². The summed E-state index contributed by atoms with van der Waals surface area (Å²) in [6.07, 6.45) is -12.5. The Kier molecular flexibility index (Phi) is 16.3. The standard InChI is InChI=1S/C44H39ClF10N7O12PS2/c1-41(2,77(3,71)72)11-10-24-4-5-25(26-6-7-29(45)36-31(58-61(38(26)36)19-42(48,49)50)17-62(76(69)70)33(64)8-9-34(65)73-20-74-75(66,67)68)37(56-24)30(14-21-12-22(46)15-23(47)13-21)57-32(63)18-60-40-35(39(59-60)44(53,54)55)27-16-28(27)43(40,51)52/h4-7,12-13,15,27-28,30H,8-9,14,16-20H2,1-3H3,(H,57,63)(H,69,70)(H2,66,67,68)/p-1/t27-,28+,30?/m0/s1. The van der Waals surface area contributed by atoms with Crippen LogP contribution < -0.4 is 5.32 Å². The summed E-state index contributed by atoms with van der Waals surface area (Å²) in [5.74, 6) is -7.95. The van der Waals surface area contributed by atoms with Crippen molar-refractivity contribution in [2.45, 2.75) is 94.1 Å². The number of aromatic nitrogens is 5. The van der Waals surface area contributed by atoms with Gasteiger partial charge in [0.2, 0.25) is 18.6 Å². The van der Waals surface area contributed by atoms with Gasteiger partial charge in [0.15, 0.2) is 15.5 Å². The number of rotatable bonds is 18. The molecule has 3 heterocycles. The summed E-state index contributed by atoms with van der Waals surface area (Å²) in [6.45, 7) is -3.32. The Hall–Kier alpha value is -6.00. The second-order valence-corrected chi connectivity index (χ2v) is 23.1. The van der Waals surface area contributed by atoms with Crippen LogP contribution in [0.15, 0.2) is 42.5 Å². The van der Waals surface area contributed by atoms with Crippen LogP contribution in [0, 0.1) is 29.4 Å². The molecule has 2 unspecified atom stereocenters. The molecular weight excluding hydrogens is 1140 g/mol. The monoisotopic (exact) mass is 1180 g/mol. The second kappa shape index (κ2) is 21.3. The van der Waals surface area contributed by atoms with Gasteiger partial charge < -0.3 is 24.4 Å². The lowest BCUT2D eigenvalue weighted by molar-refractivity contribution is -0.152. The molecule has 2 aliphatic carbocycles. The van der Waals surface area contributed by atoms with Crippen LogP contribution in [0.5, 0.6) is 0 Å². The van der Waals surface area contributed by atoms with Crippen LogP contribution in [0.1, 0.15) is 84.7 Å². The van der Waals surface area contributed by atoms with Crippen molar-refractivity contribution < 1.29 is 99.1 Å². The summed E-state index contributed by atoms with van der Waals surface area (Å²) in [7, 11) is -9.04. The summed E-state index contributed by atoms with van der Waals surface area (Å²) in [5.41, 5.74) is -6.62. The Morgan fingerprint density at radius 3 is 2.27 bits per heavy atom. The second-order valence-electron chi connectivity index (χ2n) is 18.0. The van der Waals surface area contributed by atoms with Crippen molar-refractivity contribution in [3.8, 4) is 23.0 Å². The molecule has 0 radical (unpaired) electrons. The number of carbonyl (C=O) groups excluding carboxylic acids is 3. The lowest BCUT2D eigenvalue weighted by atomic mass is 9.93. The fourth-order valence-corrected chi connectivity index (χ4v) is 9.56. The van der Waals surface area contributed by atoms with Crippen LogP contribution in [0.2, 0.25) is 5.02 Å². The molecule has 2 aliphatic rings. The first-order valence-electron chi connectivity index (χ1n) is 22.0. The molecular formula is C44H38ClF10N7O12PS2-. The molecule has 0 aliphatic heterocycles. The molecule has 0 bridgehead atoms. The Balaban J connectivity index is 1.39. The average molecular weight is 1180 g/mol. The first-order valence-corrected chi connectivity index (χ1v) is 26.8. The highest BCUT2D eigenvalue weighted by atomic mass is 35.5. The number of nitrogens with one attached hydrogen (secondary N) is 1. The van der Waals surface area contributed by atoms with E-state index in [0.717, 1.165) is 42.7 Å². The van der Waals surface area contributed by atoms with Crippen LogP contribution in [-0.2, 0) is 87.5 Å². The Morgan fingerprint density at radius 1 is 1.03 bits per heavy atom. The first-order chi connectivity index (χ1) is 35.5. The van der Waals surface area contributed by atoms with Gasteiger partial charge in [-0.25, -0.2) is 31.3 Å². The fourth-order valence-electron chi connectivity index (χ4n) is 8.39. The summed E-state index contributed by atoms with van der Waals surface area (Å²) < 4.78 is 215. The number of benzene rings is 2. The quantitative estimate of drug-likeness (QED) is 0.0203. The molecule has 2 amide bonds. The molecule has 3 aromatic heterocycles. The number of amides is 2. The molecule has 77 heavy (non-hydrogen) atoms. The number of hydrogen-bond donors (Lipinski definition) is 3. The first kappa shape index (κ1) is 58.7. The van der Waals surface area contributed by atoms with E-state index in [2.05, 4.69) is 41.6 Å². The van der Waals surface area contributed by atoms with Crippen molar-refractivity contribution in [2.24, 2.45) is 5.92 Å². The Bertz CT molecular complexity index is 3450. The van der Waals surface area contributed by atoms with Crippen molar-refractivity contribution in [1.82, 2.24) is 34.2 Å². The van der Waals surface area contributed by atoms with Crippen molar-refractivity contribution in [3.63, 3.8) is 0 Å². The van der Waals surface area contributed by atoms with E-state index in [4.69, 9.17) is 21.4 Å². The molecule has 4 atom stereocenters. The maximum absolute atomic E-state index is 15.6. The van der Waals surface area contributed by atoms with Crippen molar-refractivity contribution >= 4 is 69.2 Å². The van der Waals surface area contributed by atoms with Gasteiger partial charge in [-0.1, -0.05) is 23.6 Å². The van der Waals surface area contributed by atoms with Crippen LogP contribution >= 0.6 is 19.4 Å². The number of carbonyl (C=O) groups is 3. The van der Waals surface area contributed by atoms with E-state index < -0.39 is 189 Å². The van der Waals surface area contributed by atoms with E-state index in [1.807, 2.05) is 0 Å². The van der Waals surface area contributed by atoms with E-state index in [1.165, 1.54) is 13.8 Å². The maximum atomic E-state index is 15.6.